The van der Waals surface area contributed by atoms with E-state index in [2.05, 4.69) is 20.6 Å². The monoisotopic (exact) mass is 378 g/mol. The molecular formula is C18H30N6O3. The number of anilines is 1. The van der Waals surface area contributed by atoms with Crippen LogP contribution in [0.15, 0.2) is 6.20 Å². The highest BCUT2D eigenvalue weighted by Crippen LogP contribution is 2.29. The highest BCUT2D eigenvalue weighted by molar-refractivity contribution is 5.95. The van der Waals surface area contributed by atoms with Crippen molar-refractivity contribution in [2.75, 3.05) is 58.9 Å². The van der Waals surface area contributed by atoms with Gasteiger partial charge in [0.2, 0.25) is 5.95 Å². The van der Waals surface area contributed by atoms with E-state index in [1.807, 2.05) is 21.0 Å². The van der Waals surface area contributed by atoms with Gasteiger partial charge in [0.15, 0.2) is 0 Å². The van der Waals surface area contributed by atoms with Crippen molar-refractivity contribution in [1.29, 1.82) is 0 Å². The van der Waals surface area contributed by atoms with Crippen molar-refractivity contribution < 1.29 is 14.3 Å². The van der Waals surface area contributed by atoms with Crippen LogP contribution in [0.1, 0.15) is 41.7 Å². The summed E-state index contributed by atoms with van der Waals surface area (Å²) >= 11 is 0. The van der Waals surface area contributed by atoms with E-state index in [1.165, 1.54) is 0 Å². The number of hydrogen-bond donors (Lipinski definition) is 2. The van der Waals surface area contributed by atoms with Crippen molar-refractivity contribution in [2.45, 2.75) is 25.7 Å². The Kier molecular flexibility index (Phi) is 7.78. The zero-order chi connectivity index (χ0) is 19.8. The largest absolute Gasteiger partial charge is 0.383 e. The lowest BCUT2D eigenvalue weighted by atomic mass is 10.00. The molecule has 1 aromatic heterocycles. The number of carbonyl (C=O) groups excluding carboxylic acids is 2. The number of amides is 3. The fraction of sp³-hybridized carbons (Fsp3) is 0.667. The van der Waals surface area contributed by atoms with Crippen LogP contribution in [0, 0.1) is 0 Å². The standard InChI is InChI=1S/C18H30N6O3/c1-5-7-20-18(26)24-9-6-13(12-24)15-14(16(25)19-8-10-27-4)11-21-17(22-15)23(2)3/h11,13H,5-10,12H2,1-4H3,(H,19,25)(H,20,26). The average molecular weight is 378 g/mol. The summed E-state index contributed by atoms with van der Waals surface area (Å²) in [5.41, 5.74) is 1.15. The Morgan fingerprint density at radius 2 is 2.11 bits per heavy atom. The second-order valence-corrected chi connectivity index (χ2v) is 6.78. The van der Waals surface area contributed by atoms with E-state index < -0.39 is 0 Å². The molecule has 3 amide bonds. The van der Waals surface area contributed by atoms with Gasteiger partial charge in [-0.15, -0.1) is 0 Å². The minimum atomic E-state index is -0.221. The van der Waals surface area contributed by atoms with Gasteiger partial charge in [0.05, 0.1) is 17.9 Å². The molecule has 1 saturated heterocycles. The number of methoxy groups -OCH3 is 1. The third-order valence-corrected chi connectivity index (χ3v) is 4.43. The molecule has 27 heavy (non-hydrogen) atoms. The Balaban J connectivity index is 2.19. The number of ether oxygens (including phenoxy) is 1. The number of nitrogens with one attached hydrogen (secondary N) is 2. The van der Waals surface area contributed by atoms with Gasteiger partial charge in [-0.25, -0.2) is 14.8 Å². The Labute approximate surface area is 160 Å². The van der Waals surface area contributed by atoms with Crippen LogP contribution in [0.5, 0.6) is 0 Å². The predicted molar refractivity (Wildman–Crippen MR) is 103 cm³/mol. The molecule has 0 aromatic carbocycles. The van der Waals surface area contributed by atoms with Gasteiger partial charge in [-0.05, 0) is 12.8 Å². The van der Waals surface area contributed by atoms with Crippen LogP contribution in [0.25, 0.3) is 0 Å². The van der Waals surface area contributed by atoms with Crippen LogP contribution in [0.2, 0.25) is 0 Å². The predicted octanol–water partition coefficient (Wildman–Crippen LogP) is 0.828. The Morgan fingerprint density at radius 1 is 1.33 bits per heavy atom. The van der Waals surface area contributed by atoms with E-state index in [-0.39, 0.29) is 17.9 Å². The first-order chi connectivity index (χ1) is 13.0. The lowest BCUT2D eigenvalue weighted by molar-refractivity contribution is 0.0935. The zero-order valence-electron chi connectivity index (χ0n) is 16.6. The lowest BCUT2D eigenvalue weighted by Gasteiger charge is -2.19. The molecule has 0 spiro atoms. The minimum Gasteiger partial charge on any atom is -0.383 e. The fourth-order valence-electron chi connectivity index (χ4n) is 2.96. The van der Waals surface area contributed by atoms with E-state index in [0.717, 1.165) is 12.8 Å². The second-order valence-electron chi connectivity index (χ2n) is 6.78. The molecule has 1 atom stereocenters. The number of aromatic nitrogens is 2. The lowest BCUT2D eigenvalue weighted by Crippen LogP contribution is -2.38. The average Bonchev–Trinajstić information content (AvgIpc) is 3.15. The van der Waals surface area contributed by atoms with Crippen molar-refractivity contribution >= 4 is 17.9 Å². The van der Waals surface area contributed by atoms with E-state index in [0.29, 0.717) is 50.0 Å². The Morgan fingerprint density at radius 3 is 2.78 bits per heavy atom. The summed E-state index contributed by atoms with van der Waals surface area (Å²) in [4.78, 5) is 37.3. The molecule has 2 rings (SSSR count). The fourth-order valence-corrected chi connectivity index (χ4v) is 2.96. The van der Waals surface area contributed by atoms with Crippen molar-refractivity contribution in [1.82, 2.24) is 25.5 Å². The molecule has 1 aromatic rings. The van der Waals surface area contributed by atoms with E-state index >= 15 is 0 Å². The van der Waals surface area contributed by atoms with Gasteiger partial charge in [-0.1, -0.05) is 6.92 Å². The quantitative estimate of drug-likeness (QED) is 0.650. The van der Waals surface area contributed by atoms with Crippen molar-refractivity contribution in [2.24, 2.45) is 0 Å². The summed E-state index contributed by atoms with van der Waals surface area (Å²) in [6.07, 6.45) is 3.23. The third-order valence-electron chi connectivity index (χ3n) is 4.43. The van der Waals surface area contributed by atoms with Crippen LogP contribution < -0.4 is 15.5 Å². The third kappa shape index (κ3) is 5.53. The Bertz CT molecular complexity index is 652. The SMILES string of the molecule is CCCNC(=O)N1CCC(c2nc(N(C)C)ncc2C(=O)NCCOC)C1. The molecule has 0 aliphatic carbocycles. The van der Waals surface area contributed by atoms with Gasteiger partial charge in [0.1, 0.15) is 0 Å². The van der Waals surface area contributed by atoms with Gasteiger partial charge in [0, 0.05) is 59.5 Å². The molecule has 1 unspecified atom stereocenters. The summed E-state index contributed by atoms with van der Waals surface area (Å²) in [5, 5.41) is 5.72. The van der Waals surface area contributed by atoms with Gasteiger partial charge < -0.3 is 25.2 Å². The topological polar surface area (TPSA) is 99.7 Å². The first kappa shape index (κ1) is 20.9. The highest BCUT2D eigenvalue weighted by atomic mass is 16.5. The van der Waals surface area contributed by atoms with Crippen molar-refractivity contribution in [3.05, 3.63) is 17.5 Å². The number of rotatable bonds is 8. The maximum Gasteiger partial charge on any atom is 0.317 e. The summed E-state index contributed by atoms with van der Waals surface area (Å²) in [7, 11) is 5.30. The van der Waals surface area contributed by atoms with Crippen molar-refractivity contribution in [3.8, 4) is 0 Å². The molecular weight excluding hydrogens is 348 g/mol. The molecule has 1 aliphatic rings. The van der Waals surface area contributed by atoms with Gasteiger partial charge in [0.25, 0.3) is 5.91 Å². The number of hydrogen-bond acceptors (Lipinski definition) is 6. The van der Waals surface area contributed by atoms with Crippen LogP contribution >= 0.6 is 0 Å². The van der Waals surface area contributed by atoms with Gasteiger partial charge >= 0.3 is 6.03 Å². The maximum absolute atomic E-state index is 12.6. The molecule has 9 heteroatoms. The van der Waals surface area contributed by atoms with Gasteiger partial charge in [-0.2, -0.15) is 0 Å². The molecule has 1 aliphatic heterocycles. The second kappa shape index (κ2) is 10.1. The summed E-state index contributed by atoms with van der Waals surface area (Å²) in [6, 6.07) is -0.0627. The zero-order valence-corrected chi connectivity index (χ0v) is 16.6. The van der Waals surface area contributed by atoms with Gasteiger partial charge in [-0.3, -0.25) is 4.79 Å². The number of nitrogens with zero attached hydrogens (tertiary/aromatic N) is 4. The molecule has 2 heterocycles. The smallest absolute Gasteiger partial charge is 0.317 e. The molecule has 1 fully saturated rings. The molecule has 2 N–H and O–H groups in total. The molecule has 0 radical (unpaired) electrons. The molecule has 9 nitrogen and oxygen atoms in total. The maximum atomic E-state index is 12.6. The first-order valence-corrected chi connectivity index (χ1v) is 9.32. The Hall–Kier alpha value is -2.42. The van der Waals surface area contributed by atoms with Crippen LogP contribution in [0.3, 0.4) is 0 Å². The minimum absolute atomic E-state index is 0.00208. The molecule has 0 bridgehead atoms. The van der Waals surface area contributed by atoms with E-state index in [1.54, 1.807) is 23.1 Å². The number of likely N-dealkylation sites (tertiary alicyclic amines) is 1. The highest BCUT2D eigenvalue weighted by Gasteiger charge is 2.31. The van der Waals surface area contributed by atoms with Crippen LogP contribution in [-0.2, 0) is 4.74 Å². The number of urea groups is 1. The first-order valence-electron chi connectivity index (χ1n) is 9.32. The van der Waals surface area contributed by atoms with E-state index in [9.17, 15) is 9.59 Å². The van der Waals surface area contributed by atoms with Crippen molar-refractivity contribution in [3.63, 3.8) is 0 Å². The number of carbonyl (C=O) groups is 2. The van der Waals surface area contributed by atoms with E-state index in [4.69, 9.17) is 4.74 Å². The summed E-state index contributed by atoms with van der Waals surface area (Å²) < 4.78 is 4.98. The summed E-state index contributed by atoms with van der Waals surface area (Å²) in [6.45, 7) is 4.72. The summed E-state index contributed by atoms with van der Waals surface area (Å²) in [5.74, 6) is 0.329. The van der Waals surface area contributed by atoms with Crippen LogP contribution in [-0.4, -0.2) is 80.8 Å². The molecule has 150 valence electrons. The molecule has 0 saturated carbocycles. The normalized spacial score (nSPS) is 16.3. The van der Waals surface area contributed by atoms with Crippen LogP contribution in [0.4, 0.5) is 10.7 Å².